The molecule has 0 aromatic carbocycles. The minimum Gasteiger partial charge on any atom is -0.330 e. The van der Waals surface area contributed by atoms with E-state index in [1.165, 1.54) is 19.3 Å². The average Bonchev–Trinajstić information content (AvgIpc) is 2.48. The highest BCUT2D eigenvalue weighted by molar-refractivity contribution is 6.33. The fourth-order valence-electron chi connectivity index (χ4n) is 3.51. The van der Waals surface area contributed by atoms with Crippen molar-refractivity contribution < 1.29 is 4.79 Å². The molecule has 4 nitrogen and oxygen atoms in total. The highest BCUT2D eigenvalue weighted by atomic mass is 35.5. The van der Waals surface area contributed by atoms with Gasteiger partial charge in [-0.1, -0.05) is 30.9 Å². The third-order valence-electron chi connectivity index (χ3n) is 4.57. The van der Waals surface area contributed by atoms with Crippen LogP contribution < -0.4 is 5.32 Å². The molecular formula is C15H20ClN3O. The third-order valence-corrected chi connectivity index (χ3v) is 4.87. The molecule has 0 atom stereocenters. The highest BCUT2D eigenvalue weighted by Crippen LogP contribution is 2.36. The van der Waals surface area contributed by atoms with Crippen LogP contribution in [0.4, 0.5) is 0 Å². The zero-order chi connectivity index (χ0) is 14.0. The predicted molar refractivity (Wildman–Crippen MR) is 79.0 cm³/mol. The number of nitrogens with zero attached hydrogens (tertiary/aromatic N) is 2. The molecule has 1 aliphatic carbocycles. The van der Waals surface area contributed by atoms with Crippen LogP contribution in [0.3, 0.4) is 0 Å². The van der Waals surface area contributed by atoms with Crippen molar-refractivity contribution in [1.82, 2.24) is 15.2 Å². The molecule has 1 saturated heterocycles. The molecule has 1 spiro atoms. The van der Waals surface area contributed by atoms with Gasteiger partial charge in [-0.3, -0.25) is 9.78 Å². The van der Waals surface area contributed by atoms with Crippen LogP contribution in [0.5, 0.6) is 0 Å². The van der Waals surface area contributed by atoms with Gasteiger partial charge < -0.3 is 10.2 Å². The number of carbonyl (C=O) groups excluding carboxylic acids is 1. The van der Waals surface area contributed by atoms with Gasteiger partial charge >= 0.3 is 0 Å². The van der Waals surface area contributed by atoms with Crippen molar-refractivity contribution in [2.24, 2.45) is 0 Å². The molecule has 2 fully saturated rings. The van der Waals surface area contributed by atoms with E-state index in [2.05, 4.69) is 15.2 Å². The summed E-state index contributed by atoms with van der Waals surface area (Å²) in [4.78, 5) is 18.9. The summed E-state index contributed by atoms with van der Waals surface area (Å²) in [7, 11) is 0. The van der Waals surface area contributed by atoms with Gasteiger partial charge in [0.2, 0.25) is 0 Å². The molecule has 2 aliphatic rings. The number of carbonyl (C=O) groups is 1. The highest BCUT2D eigenvalue weighted by Gasteiger charge is 2.42. The Balaban J connectivity index is 1.90. The zero-order valence-corrected chi connectivity index (χ0v) is 12.3. The number of amides is 1. The summed E-state index contributed by atoms with van der Waals surface area (Å²) in [5.41, 5.74) is 0.564. The van der Waals surface area contributed by atoms with Gasteiger partial charge in [-0.15, -0.1) is 0 Å². The monoisotopic (exact) mass is 293 g/mol. The van der Waals surface area contributed by atoms with Crippen LogP contribution in [0.2, 0.25) is 5.02 Å². The Bertz CT molecular complexity index is 491. The van der Waals surface area contributed by atoms with E-state index in [1.54, 1.807) is 18.5 Å². The number of rotatable bonds is 1. The number of hydrogen-bond acceptors (Lipinski definition) is 3. The second-order valence-corrected chi connectivity index (χ2v) is 6.18. The topological polar surface area (TPSA) is 45.2 Å². The molecule has 5 heteroatoms. The van der Waals surface area contributed by atoms with Gasteiger partial charge in [0.05, 0.1) is 16.1 Å². The van der Waals surface area contributed by atoms with E-state index in [-0.39, 0.29) is 11.4 Å². The summed E-state index contributed by atoms with van der Waals surface area (Å²) >= 11 is 6.14. The molecule has 0 bridgehead atoms. The van der Waals surface area contributed by atoms with Crippen LogP contribution in [-0.4, -0.2) is 41.0 Å². The van der Waals surface area contributed by atoms with Gasteiger partial charge in [0.15, 0.2) is 0 Å². The standard InChI is InChI=1S/C15H20ClN3O/c16-13-10-17-7-4-12(13)14(20)19-9-8-18-11-15(19)5-2-1-3-6-15/h4,7,10,18H,1-3,5-6,8-9,11H2. The van der Waals surface area contributed by atoms with Crippen LogP contribution >= 0.6 is 11.6 Å². The average molecular weight is 294 g/mol. The molecule has 1 saturated carbocycles. The minimum absolute atomic E-state index is 0.0137. The molecule has 2 heterocycles. The first-order valence-corrected chi connectivity index (χ1v) is 7.73. The molecule has 20 heavy (non-hydrogen) atoms. The zero-order valence-electron chi connectivity index (χ0n) is 11.6. The number of pyridine rings is 1. The molecule has 1 aromatic heterocycles. The van der Waals surface area contributed by atoms with Crippen molar-refractivity contribution in [3.8, 4) is 0 Å². The number of piperazine rings is 1. The van der Waals surface area contributed by atoms with Gasteiger partial charge in [-0.05, 0) is 18.9 Å². The maximum absolute atomic E-state index is 12.9. The van der Waals surface area contributed by atoms with Crippen LogP contribution in [0.1, 0.15) is 42.5 Å². The quantitative estimate of drug-likeness (QED) is 0.865. The Labute approximate surface area is 124 Å². The fraction of sp³-hybridized carbons (Fsp3) is 0.600. The maximum atomic E-state index is 12.9. The van der Waals surface area contributed by atoms with Gasteiger partial charge in [0.1, 0.15) is 0 Å². The normalized spacial score (nSPS) is 21.9. The molecular weight excluding hydrogens is 274 g/mol. The summed E-state index contributed by atoms with van der Waals surface area (Å²) < 4.78 is 0. The SMILES string of the molecule is O=C(c1ccncc1Cl)N1CCNCC12CCCCC2. The predicted octanol–water partition coefficient (Wildman–Crippen LogP) is 2.48. The second-order valence-electron chi connectivity index (χ2n) is 5.77. The van der Waals surface area contributed by atoms with Gasteiger partial charge in [-0.2, -0.15) is 0 Å². The summed E-state index contributed by atoms with van der Waals surface area (Å²) in [5.74, 6) is 0.0563. The lowest BCUT2D eigenvalue weighted by atomic mass is 9.78. The molecule has 0 unspecified atom stereocenters. The summed E-state index contributed by atoms with van der Waals surface area (Å²) in [6.07, 6.45) is 9.05. The van der Waals surface area contributed by atoms with E-state index >= 15 is 0 Å². The first-order chi connectivity index (χ1) is 9.73. The fourth-order valence-corrected chi connectivity index (χ4v) is 3.71. The van der Waals surface area contributed by atoms with Crippen molar-refractivity contribution in [2.45, 2.75) is 37.6 Å². The van der Waals surface area contributed by atoms with Gasteiger partial charge in [0.25, 0.3) is 5.91 Å². The molecule has 0 radical (unpaired) electrons. The minimum atomic E-state index is -0.0137. The van der Waals surface area contributed by atoms with Gasteiger partial charge in [-0.25, -0.2) is 0 Å². The van der Waals surface area contributed by atoms with Crippen LogP contribution in [0.25, 0.3) is 0 Å². The number of hydrogen-bond donors (Lipinski definition) is 1. The smallest absolute Gasteiger partial charge is 0.256 e. The summed E-state index contributed by atoms with van der Waals surface area (Å²) in [5, 5.41) is 3.90. The Hall–Kier alpha value is -1.13. The summed E-state index contributed by atoms with van der Waals surface area (Å²) in [6, 6.07) is 1.73. The largest absolute Gasteiger partial charge is 0.330 e. The number of nitrogens with one attached hydrogen (secondary N) is 1. The molecule has 3 rings (SSSR count). The Kier molecular flexibility index (Phi) is 3.94. The van der Waals surface area contributed by atoms with Crippen molar-refractivity contribution in [1.29, 1.82) is 0 Å². The van der Waals surface area contributed by atoms with Crippen molar-refractivity contribution >= 4 is 17.5 Å². The molecule has 1 amide bonds. The van der Waals surface area contributed by atoms with Crippen LogP contribution in [0, 0.1) is 0 Å². The first-order valence-electron chi connectivity index (χ1n) is 7.35. The lowest BCUT2D eigenvalue weighted by molar-refractivity contribution is 0.0222. The third kappa shape index (κ3) is 2.42. The van der Waals surface area contributed by atoms with E-state index in [0.717, 1.165) is 32.5 Å². The molecule has 1 N–H and O–H groups in total. The maximum Gasteiger partial charge on any atom is 0.256 e. The van der Waals surface area contributed by atoms with Crippen LogP contribution in [-0.2, 0) is 0 Å². The molecule has 108 valence electrons. The van der Waals surface area contributed by atoms with E-state index in [1.807, 2.05) is 0 Å². The van der Waals surface area contributed by atoms with E-state index in [9.17, 15) is 4.79 Å². The lowest BCUT2D eigenvalue weighted by Gasteiger charge is -2.49. The number of halogens is 1. The molecule has 1 aromatic rings. The van der Waals surface area contributed by atoms with Crippen molar-refractivity contribution in [3.05, 3.63) is 29.0 Å². The van der Waals surface area contributed by atoms with Crippen LogP contribution in [0.15, 0.2) is 18.5 Å². The second kappa shape index (κ2) is 5.70. The van der Waals surface area contributed by atoms with E-state index in [0.29, 0.717) is 10.6 Å². The Morgan fingerprint density at radius 1 is 1.35 bits per heavy atom. The van der Waals surface area contributed by atoms with E-state index < -0.39 is 0 Å². The summed E-state index contributed by atoms with van der Waals surface area (Å²) in [6.45, 7) is 2.52. The van der Waals surface area contributed by atoms with Crippen molar-refractivity contribution in [3.63, 3.8) is 0 Å². The Morgan fingerprint density at radius 2 is 2.15 bits per heavy atom. The lowest BCUT2D eigenvalue weighted by Crippen LogP contribution is -2.63. The van der Waals surface area contributed by atoms with Gasteiger partial charge in [0, 0.05) is 32.0 Å². The first kappa shape index (κ1) is 13.8. The van der Waals surface area contributed by atoms with Crippen molar-refractivity contribution in [2.75, 3.05) is 19.6 Å². The van der Waals surface area contributed by atoms with E-state index in [4.69, 9.17) is 11.6 Å². The number of aromatic nitrogens is 1. The molecule has 1 aliphatic heterocycles. The Morgan fingerprint density at radius 3 is 2.90 bits per heavy atom.